The maximum Gasteiger partial charge on any atom is 0.277 e. The fourth-order valence-electron chi connectivity index (χ4n) is 2.64. The fraction of sp³-hybridized carbons (Fsp3) is 0.500. The van der Waals surface area contributed by atoms with Crippen molar-refractivity contribution >= 4 is 23.8 Å². The summed E-state index contributed by atoms with van der Waals surface area (Å²) in [6.45, 7) is 8.74. The van der Waals surface area contributed by atoms with E-state index in [1.54, 1.807) is 6.08 Å². The highest BCUT2D eigenvalue weighted by Crippen LogP contribution is 2.22. The molecule has 0 bridgehead atoms. The van der Waals surface area contributed by atoms with Crippen LogP contribution in [0.2, 0.25) is 0 Å². The molecule has 2 heterocycles. The highest BCUT2D eigenvalue weighted by atomic mass is 16.5. The van der Waals surface area contributed by atoms with E-state index in [0.717, 1.165) is 17.8 Å². The van der Waals surface area contributed by atoms with Crippen molar-refractivity contribution in [1.29, 1.82) is 0 Å². The molecule has 0 unspecified atom stereocenters. The number of aromatic nitrogens is 1. The Labute approximate surface area is 153 Å². The molecule has 0 radical (unpaired) electrons. The smallest absolute Gasteiger partial charge is 0.277 e. The zero-order valence-electron chi connectivity index (χ0n) is 16.2. The molecule has 1 aromatic heterocycles. The Kier molecular flexibility index (Phi) is 6.20. The number of aryl methyl sites for hydroxylation is 1. The molecule has 8 heteroatoms. The van der Waals surface area contributed by atoms with E-state index in [0.29, 0.717) is 23.4 Å². The molecule has 0 saturated heterocycles. The minimum Gasteiger partial charge on any atom is -0.473 e. The second-order valence-corrected chi connectivity index (χ2v) is 6.81. The molecule has 3 N–H and O–H groups in total. The summed E-state index contributed by atoms with van der Waals surface area (Å²) in [5.41, 5.74) is 5.55. The molecular weight excluding hydrogens is 334 g/mol. The van der Waals surface area contributed by atoms with Gasteiger partial charge in [-0.2, -0.15) is 0 Å². The molecule has 0 fully saturated rings. The van der Waals surface area contributed by atoms with Crippen molar-refractivity contribution < 1.29 is 14.3 Å². The minimum absolute atomic E-state index is 0.102. The highest BCUT2D eigenvalue weighted by molar-refractivity contribution is 6.24. The lowest BCUT2D eigenvalue weighted by Gasteiger charge is -2.10. The van der Waals surface area contributed by atoms with Crippen molar-refractivity contribution in [2.45, 2.75) is 33.8 Å². The Hall–Kier alpha value is -2.61. The first kappa shape index (κ1) is 19.7. The summed E-state index contributed by atoms with van der Waals surface area (Å²) in [6, 6.07) is 0. The van der Waals surface area contributed by atoms with E-state index in [2.05, 4.69) is 20.8 Å². The van der Waals surface area contributed by atoms with Gasteiger partial charge in [-0.05, 0) is 53.4 Å². The Morgan fingerprint density at radius 3 is 2.65 bits per heavy atom. The Morgan fingerprint density at radius 2 is 2.04 bits per heavy atom. The van der Waals surface area contributed by atoms with Crippen LogP contribution in [0, 0.1) is 13.8 Å². The number of likely N-dealkylation sites (N-methyl/N-ethyl adjacent to an activating group) is 1. The molecule has 8 nitrogen and oxygen atoms in total. The SMILES string of the molecule is Cc1[nH]c(C=C2C(=O)NN=C2OC(C)C)c(C)c1C(=O)NCCN(C)C. The van der Waals surface area contributed by atoms with E-state index in [4.69, 9.17) is 4.74 Å². The molecule has 1 aromatic rings. The van der Waals surface area contributed by atoms with Crippen LogP contribution < -0.4 is 10.7 Å². The van der Waals surface area contributed by atoms with Crippen LogP contribution in [0.5, 0.6) is 0 Å². The number of nitrogens with zero attached hydrogens (tertiary/aromatic N) is 2. The van der Waals surface area contributed by atoms with Gasteiger partial charge in [0.05, 0.1) is 11.7 Å². The maximum absolute atomic E-state index is 12.5. The number of hydrogen-bond donors (Lipinski definition) is 3. The van der Waals surface area contributed by atoms with Crippen molar-refractivity contribution in [2.75, 3.05) is 27.2 Å². The number of carbonyl (C=O) groups excluding carboxylic acids is 2. The van der Waals surface area contributed by atoms with Crippen LogP contribution in [-0.4, -0.2) is 60.9 Å². The van der Waals surface area contributed by atoms with Gasteiger partial charge in [0.15, 0.2) is 0 Å². The van der Waals surface area contributed by atoms with Crippen LogP contribution in [0.1, 0.15) is 41.2 Å². The van der Waals surface area contributed by atoms with E-state index in [9.17, 15) is 9.59 Å². The quantitative estimate of drug-likeness (QED) is 0.663. The molecule has 0 spiro atoms. The topological polar surface area (TPSA) is 98.8 Å². The summed E-state index contributed by atoms with van der Waals surface area (Å²) in [4.78, 5) is 29.7. The number of aromatic amines is 1. The first-order valence-corrected chi connectivity index (χ1v) is 8.59. The predicted octanol–water partition coefficient (Wildman–Crippen LogP) is 1.17. The highest BCUT2D eigenvalue weighted by Gasteiger charge is 2.26. The number of ether oxygens (including phenoxy) is 1. The lowest BCUT2D eigenvalue weighted by molar-refractivity contribution is -0.116. The summed E-state index contributed by atoms with van der Waals surface area (Å²) < 4.78 is 5.57. The molecule has 26 heavy (non-hydrogen) atoms. The van der Waals surface area contributed by atoms with Crippen molar-refractivity contribution in [3.05, 3.63) is 28.1 Å². The van der Waals surface area contributed by atoms with Crippen LogP contribution >= 0.6 is 0 Å². The van der Waals surface area contributed by atoms with Gasteiger partial charge in [-0.15, -0.1) is 5.10 Å². The molecule has 2 rings (SSSR count). The van der Waals surface area contributed by atoms with Crippen molar-refractivity contribution in [2.24, 2.45) is 5.10 Å². The normalized spacial score (nSPS) is 15.6. The number of hydrazone groups is 1. The maximum atomic E-state index is 12.5. The number of rotatable bonds is 6. The van der Waals surface area contributed by atoms with Crippen LogP contribution in [0.25, 0.3) is 6.08 Å². The molecule has 2 amide bonds. The van der Waals surface area contributed by atoms with Crippen molar-refractivity contribution in [3.63, 3.8) is 0 Å². The number of amides is 2. The average Bonchev–Trinajstić information content (AvgIpc) is 3.00. The monoisotopic (exact) mass is 361 g/mol. The van der Waals surface area contributed by atoms with Gasteiger partial charge in [0.2, 0.25) is 5.90 Å². The molecule has 1 aliphatic heterocycles. The predicted molar refractivity (Wildman–Crippen MR) is 101 cm³/mol. The molecule has 0 saturated carbocycles. The van der Waals surface area contributed by atoms with Crippen LogP contribution in [0.3, 0.4) is 0 Å². The fourth-order valence-corrected chi connectivity index (χ4v) is 2.64. The van der Waals surface area contributed by atoms with E-state index in [1.807, 2.05) is 46.7 Å². The summed E-state index contributed by atoms with van der Waals surface area (Å²) in [7, 11) is 3.91. The van der Waals surface area contributed by atoms with Crippen LogP contribution in [0.15, 0.2) is 10.7 Å². The van der Waals surface area contributed by atoms with Crippen molar-refractivity contribution in [3.8, 4) is 0 Å². The molecule has 1 aliphatic rings. The van der Waals surface area contributed by atoms with Crippen molar-refractivity contribution in [1.82, 2.24) is 20.6 Å². The van der Waals surface area contributed by atoms with Crippen LogP contribution in [-0.2, 0) is 9.53 Å². The molecule has 0 atom stereocenters. The van der Waals surface area contributed by atoms with Gasteiger partial charge in [-0.25, -0.2) is 5.43 Å². The van der Waals surface area contributed by atoms with E-state index < -0.39 is 0 Å². The summed E-state index contributed by atoms with van der Waals surface area (Å²) in [6.07, 6.45) is 1.57. The van der Waals surface area contributed by atoms with Gasteiger partial charge in [0.25, 0.3) is 11.8 Å². The lowest BCUT2D eigenvalue weighted by Crippen LogP contribution is -2.31. The van der Waals surface area contributed by atoms with E-state index >= 15 is 0 Å². The van der Waals surface area contributed by atoms with E-state index in [1.165, 1.54) is 0 Å². The third kappa shape index (κ3) is 4.51. The van der Waals surface area contributed by atoms with Gasteiger partial charge in [0.1, 0.15) is 5.57 Å². The number of H-pyrrole nitrogens is 1. The molecule has 0 aliphatic carbocycles. The van der Waals surface area contributed by atoms with Gasteiger partial charge >= 0.3 is 0 Å². The number of carbonyl (C=O) groups is 2. The first-order valence-electron chi connectivity index (χ1n) is 8.59. The second kappa shape index (κ2) is 8.18. The van der Waals surface area contributed by atoms with E-state index in [-0.39, 0.29) is 23.8 Å². The lowest BCUT2D eigenvalue weighted by atomic mass is 10.1. The Morgan fingerprint density at radius 1 is 1.35 bits per heavy atom. The van der Waals surface area contributed by atoms with Crippen LogP contribution in [0.4, 0.5) is 0 Å². The largest absolute Gasteiger partial charge is 0.473 e. The summed E-state index contributed by atoms with van der Waals surface area (Å²) >= 11 is 0. The average molecular weight is 361 g/mol. The standard InChI is InChI=1S/C18H27N5O3/c1-10(2)26-18-13(16(24)21-22-18)9-14-11(3)15(12(4)20-14)17(25)19-7-8-23(5)6/h9-10,20H,7-8H2,1-6H3,(H,19,25)(H,21,24). The van der Waals surface area contributed by atoms with Gasteiger partial charge in [-0.1, -0.05) is 0 Å². The summed E-state index contributed by atoms with van der Waals surface area (Å²) in [5, 5.41) is 6.83. The first-order chi connectivity index (χ1) is 12.2. The second-order valence-electron chi connectivity index (χ2n) is 6.81. The minimum atomic E-state index is -0.329. The number of hydrogen-bond acceptors (Lipinski definition) is 5. The zero-order chi connectivity index (χ0) is 19.4. The summed E-state index contributed by atoms with van der Waals surface area (Å²) in [5.74, 6) is -0.205. The number of nitrogens with one attached hydrogen (secondary N) is 3. The zero-order valence-corrected chi connectivity index (χ0v) is 16.2. The molecular formula is C18H27N5O3. The molecule has 0 aromatic carbocycles. The van der Waals surface area contributed by atoms with Gasteiger partial charge < -0.3 is 19.9 Å². The third-order valence-corrected chi connectivity index (χ3v) is 3.92. The van der Waals surface area contributed by atoms with Gasteiger partial charge in [-0.3, -0.25) is 9.59 Å². The molecule has 142 valence electrons. The Bertz CT molecular complexity index is 759. The third-order valence-electron chi connectivity index (χ3n) is 3.92. The Balaban J connectivity index is 2.25. The van der Waals surface area contributed by atoms with Gasteiger partial charge in [0, 0.05) is 24.5 Å².